The molecule has 2 aliphatic heterocycles. The average Bonchev–Trinajstić information content (AvgIpc) is 2.74. The maximum Gasteiger partial charge on any atom is 0.410 e. The van der Waals surface area contributed by atoms with E-state index in [2.05, 4.69) is 30.1 Å². The van der Waals surface area contributed by atoms with E-state index >= 15 is 0 Å². The van der Waals surface area contributed by atoms with Crippen LogP contribution in [0.15, 0.2) is 23.5 Å². The Morgan fingerprint density at radius 3 is 2.45 bits per heavy atom. The lowest BCUT2D eigenvalue weighted by atomic mass is 10.0. The third-order valence-electron chi connectivity index (χ3n) is 5.38. The van der Waals surface area contributed by atoms with Crippen LogP contribution in [-0.4, -0.2) is 89.8 Å². The molecule has 0 saturated carbocycles. The molecule has 174 valence electrons. The molecule has 31 heavy (non-hydrogen) atoms. The third-order valence-corrected chi connectivity index (χ3v) is 5.38. The molecule has 0 radical (unpaired) electrons. The first-order chi connectivity index (χ1) is 14.4. The Kier molecular flexibility index (Phi) is 9.57. The van der Waals surface area contributed by atoms with E-state index in [0.717, 1.165) is 63.9 Å². The van der Waals surface area contributed by atoms with Gasteiger partial charge in [0, 0.05) is 58.7 Å². The fourth-order valence-corrected chi connectivity index (χ4v) is 3.89. The van der Waals surface area contributed by atoms with E-state index in [1.807, 2.05) is 38.8 Å². The summed E-state index contributed by atoms with van der Waals surface area (Å²) in [5.74, 6) is 1.65. The lowest BCUT2D eigenvalue weighted by Crippen LogP contribution is -2.56. The number of ether oxygens (including phenoxy) is 1. The minimum atomic E-state index is -0.481. The van der Waals surface area contributed by atoms with Crippen LogP contribution in [0.5, 0.6) is 0 Å². The SMILES string of the molecule is CN=C(NCC1CCCCN1C(=O)OC(C)(C)C)N1CCN(c2ncccn2)CC1.I. The molecule has 2 aliphatic rings. The molecule has 10 heteroatoms. The summed E-state index contributed by atoms with van der Waals surface area (Å²) in [5.41, 5.74) is -0.481. The molecule has 0 aromatic carbocycles. The van der Waals surface area contributed by atoms with Crippen molar-refractivity contribution in [1.29, 1.82) is 0 Å². The van der Waals surface area contributed by atoms with E-state index in [0.29, 0.717) is 6.54 Å². The summed E-state index contributed by atoms with van der Waals surface area (Å²) in [6.07, 6.45) is 6.45. The second kappa shape index (κ2) is 11.7. The second-order valence-electron chi connectivity index (χ2n) is 8.77. The van der Waals surface area contributed by atoms with Crippen molar-refractivity contribution < 1.29 is 9.53 Å². The van der Waals surface area contributed by atoms with Crippen molar-refractivity contribution in [3.8, 4) is 0 Å². The number of carbonyl (C=O) groups is 1. The number of hydrogen-bond donors (Lipinski definition) is 1. The molecule has 1 atom stereocenters. The zero-order chi connectivity index (χ0) is 21.6. The van der Waals surface area contributed by atoms with E-state index < -0.39 is 5.60 Å². The van der Waals surface area contributed by atoms with Crippen molar-refractivity contribution in [2.45, 2.75) is 51.7 Å². The van der Waals surface area contributed by atoms with Gasteiger partial charge in [0.1, 0.15) is 5.60 Å². The number of hydrogen-bond acceptors (Lipinski definition) is 6. The highest BCUT2D eigenvalue weighted by atomic mass is 127. The zero-order valence-electron chi connectivity index (χ0n) is 19.1. The first-order valence-electron chi connectivity index (χ1n) is 10.8. The Hall–Kier alpha value is -1.85. The monoisotopic (exact) mass is 545 g/mol. The van der Waals surface area contributed by atoms with Crippen molar-refractivity contribution in [1.82, 2.24) is 25.1 Å². The highest BCUT2D eigenvalue weighted by Crippen LogP contribution is 2.20. The number of carbonyl (C=O) groups excluding carboxylic acids is 1. The van der Waals surface area contributed by atoms with Gasteiger partial charge in [-0.25, -0.2) is 14.8 Å². The lowest BCUT2D eigenvalue weighted by Gasteiger charge is -2.39. The number of likely N-dealkylation sites (tertiary alicyclic amines) is 1. The fraction of sp³-hybridized carbons (Fsp3) is 0.714. The predicted octanol–water partition coefficient (Wildman–Crippen LogP) is 2.58. The van der Waals surface area contributed by atoms with E-state index in [1.165, 1.54) is 0 Å². The molecule has 3 heterocycles. The van der Waals surface area contributed by atoms with Crippen LogP contribution in [0.4, 0.5) is 10.7 Å². The van der Waals surface area contributed by atoms with Crippen LogP contribution in [-0.2, 0) is 4.74 Å². The highest BCUT2D eigenvalue weighted by molar-refractivity contribution is 14.0. The van der Waals surface area contributed by atoms with Crippen LogP contribution < -0.4 is 10.2 Å². The molecule has 2 fully saturated rings. The summed E-state index contributed by atoms with van der Waals surface area (Å²) in [6, 6.07) is 1.95. The largest absolute Gasteiger partial charge is 0.444 e. The number of nitrogens with one attached hydrogen (secondary N) is 1. The standard InChI is InChI=1S/C21H35N7O2.HI/c1-21(2,3)30-20(29)28-11-6-5-8-17(28)16-25-18(22-4)26-12-14-27(15-13-26)19-23-9-7-10-24-19;/h7,9-10,17H,5-6,8,11-16H2,1-4H3,(H,22,25);1H. The van der Waals surface area contributed by atoms with Crippen molar-refractivity contribution in [2.75, 3.05) is 51.2 Å². The highest BCUT2D eigenvalue weighted by Gasteiger charge is 2.31. The third kappa shape index (κ3) is 7.36. The number of halogens is 1. The molecular weight excluding hydrogens is 509 g/mol. The van der Waals surface area contributed by atoms with Gasteiger partial charge in [0.2, 0.25) is 5.95 Å². The van der Waals surface area contributed by atoms with Crippen LogP contribution in [0.2, 0.25) is 0 Å². The van der Waals surface area contributed by atoms with Gasteiger partial charge in [-0.05, 0) is 46.1 Å². The number of aliphatic imine (C=N–C) groups is 1. The quantitative estimate of drug-likeness (QED) is 0.355. The van der Waals surface area contributed by atoms with Gasteiger partial charge in [-0.3, -0.25) is 4.99 Å². The number of rotatable bonds is 3. The predicted molar refractivity (Wildman–Crippen MR) is 133 cm³/mol. The van der Waals surface area contributed by atoms with Crippen molar-refractivity contribution in [3.63, 3.8) is 0 Å². The van der Waals surface area contributed by atoms with Gasteiger partial charge in [-0.15, -0.1) is 24.0 Å². The van der Waals surface area contributed by atoms with E-state index in [4.69, 9.17) is 4.74 Å². The molecule has 3 rings (SSSR count). The molecule has 1 aromatic rings. The smallest absolute Gasteiger partial charge is 0.410 e. The Labute approximate surface area is 202 Å². The van der Waals surface area contributed by atoms with Gasteiger partial charge >= 0.3 is 6.09 Å². The molecule has 0 bridgehead atoms. The molecular formula is C21H36IN7O2. The zero-order valence-corrected chi connectivity index (χ0v) is 21.4. The van der Waals surface area contributed by atoms with Gasteiger partial charge in [0.05, 0.1) is 6.04 Å². The van der Waals surface area contributed by atoms with E-state index in [1.54, 1.807) is 12.4 Å². The maximum absolute atomic E-state index is 12.6. The van der Waals surface area contributed by atoms with Gasteiger partial charge < -0.3 is 24.8 Å². The lowest BCUT2D eigenvalue weighted by molar-refractivity contribution is 0.0103. The summed E-state index contributed by atoms with van der Waals surface area (Å²) < 4.78 is 5.61. The first-order valence-corrected chi connectivity index (χ1v) is 10.8. The normalized spacial score (nSPS) is 20.2. The number of amides is 1. The number of guanidine groups is 1. The Bertz CT molecular complexity index is 718. The van der Waals surface area contributed by atoms with Crippen molar-refractivity contribution in [2.24, 2.45) is 4.99 Å². The maximum atomic E-state index is 12.6. The summed E-state index contributed by atoms with van der Waals surface area (Å²) in [7, 11) is 1.81. The summed E-state index contributed by atoms with van der Waals surface area (Å²) >= 11 is 0. The van der Waals surface area contributed by atoms with Crippen LogP contribution in [0.1, 0.15) is 40.0 Å². The molecule has 1 amide bonds. The van der Waals surface area contributed by atoms with Gasteiger partial charge in [0.15, 0.2) is 5.96 Å². The minimum absolute atomic E-state index is 0. The number of nitrogens with zero attached hydrogens (tertiary/aromatic N) is 6. The van der Waals surface area contributed by atoms with Crippen LogP contribution in [0.25, 0.3) is 0 Å². The van der Waals surface area contributed by atoms with Crippen LogP contribution in [0.3, 0.4) is 0 Å². The molecule has 0 aliphatic carbocycles. The number of aromatic nitrogens is 2. The molecule has 1 N–H and O–H groups in total. The molecule has 1 aromatic heterocycles. The van der Waals surface area contributed by atoms with Crippen LogP contribution >= 0.6 is 24.0 Å². The summed E-state index contributed by atoms with van der Waals surface area (Å²) in [4.78, 5) is 32.1. The van der Waals surface area contributed by atoms with Gasteiger partial charge in [-0.1, -0.05) is 0 Å². The average molecular weight is 545 g/mol. The molecule has 0 spiro atoms. The second-order valence-corrected chi connectivity index (χ2v) is 8.77. The Balaban J connectivity index is 0.00000341. The fourth-order valence-electron chi connectivity index (χ4n) is 3.89. The summed E-state index contributed by atoms with van der Waals surface area (Å²) in [6.45, 7) is 10.5. The van der Waals surface area contributed by atoms with Crippen molar-refractivity contribution in [3.05, 3.63) is 18.5 Å². The van der Waals surface area contributed by atoms with Crippen molar-refractivity contribution >= 4 is 42.0 Å². The Morgan fingerprint density at radius 1 is 1.16 bits per heavy atom. The summed E-state index contributed by atoms with van der Waals surface area (Å²) in [5, 5.41) is 3.49. The van der Waals surface area contributed by atoms with Gasteiger partial charge in [-0.2, -0.15) is 0 Å². The minimum Gasteiger partial charge on any atom is -0.444 e. The van der Waals surface area contributed by atoms with E-state index in [9.17, 15) is 4.79 Å². The van der Waals surface area contributed by atoms with Gasteiger partial charge in [0.25, 0.3) is 0 Å². The molecule has 2 saturated heterocycles. The number of piperidine rings is 1. The Morgan fingerprint density at radius 2 is 1.84 bits per heavy atom. The number of piperazine rings is 1. The number of anilines is 1. The topological polar surface area (TPSA) is 86.2 Å². The van der Waals surface area contributed by atoms with Crippen LogP contribution in [0, 0.1) is 0 Å². The molecule has 1 unspecified atom stereocenters. The first kappa shape index (κ1) is 25.4. The molecule has 9 nitrogen and oxygen atoms in total. The van der Waals surface area contributed by atoms with E-state index in [-0.39, 0.29) is 36.1 Å².